The number of phosphoric ester groups is 1. The molecule has 10 heteroatoms. The molecule has 68 heavy (non-hydrogen) atoms. The van der Waals surface area contributed by atoms with E-state index in [1.807, 2.05) is 94.1 Å². The third-order valence-electron chi connectivity index (χ3n) is 10.8. The van der Waals surface area contributed by atoms with E-state index in [0.717, 1.165) is 89.9 Å². The molecule has 0 radical (unpaired) electrons. The second-order valence-electron chi connectivity index (χ2n) is 18.4. The number of carbonyl (C=O) groups excluding carboxylic acids is 2. The Balaban J connectivity index is 5.54. The molecule has 0 aliphatic heterocycles. The van der Waals surface area contributed by atoms with Crippen molar-refractivity contribution in [3.8, 4) is 0 Å². The summed E-state index contributed by atoms with van der Waals surface area (Å²) in [4.78, 5) is 37.4. The third-order valence-corrected chi connectivity index (χ3v) is 11.8. The molecule has 0 rings (SSSR count). The van der Waals surface area contributed by atoms with Gasteiger partial charge in [-0.2, -0.15) is 0 Å². The number of hydrogen-bond donors (Lipinski definition) is 2. The molecule has 1 amide bonds. The van der Waals surface area contributed by atoms with Crippen molar-refractivity contribution in [3.05, 3.63) is 122 Å². The summed E-state index contributed by atoms with van der Waals surface area (Å²) >= 11 is 0. The maximum Gasteiger partial charge on any atom is 0.472 e. The first kappa shape index (κ1) is 64.4. The number of hydrogen-bond acceptors (Lipinski definition) is 6. The predicted octanol–water partition coefficient (Wildman–Crippen LogP) is 15.6. The van der Waals surface area contributed by atoms with Crippen molar-refractivity contribution in [2.45, 2.75) is 193 Å². The van der Waals surface area contributed by atoms with E-state index in [1.165, 1.54) is 44.9 Å². The van der Waals surface area contributed by atoms with Crippen LogP contribution in [0, 0.1) is 0 Å². The molecular formula is C58H98N2O7P+. The number of esters is 1. The molecule has 386 valence electrons. The number of carbonyl (C=O) groups is 2. The number of quaternary nitrogens is 1. The van der Waals surface area contributed by atoms with E-state index in [0.29, 0.717) is 23.9 Å². The Morgan fingerprint density at radius 1 is 0.544 bits per heavy atom. The van der Waals surface area contributed by atoms with Crippen LogP contribution in [0.25, 0.3) is 0 Å². The highest BCUT2D eigenvalue weighted by atomic mass is 31.2. The number of ether oxygens (including phenoxy) is 1. The van der Waals surface area contributed by atoms with Crippen LogP contribution in [-0.4, -0.2) is 74.3 Å². The lowest BCUT2D eigenvalue weighted by atomic mass is 10.1. The lowest BCUT2D eigenvalue weighted by Gasteiger charge is -2.27. The summed E-state index contributed by atoms with van der Waals surface area (Å²) in [5.41, 5.74) is 0. The van der Waals surface area contributed by atoms with Crippen molar-refractivity contribution >= 4 is 19.7 Å². The van der Waals surface area contributed by atoms with Crippen LogP contribution < -0.4 is 5.32 Å². The normalized spacial score (nSPS) is 14.9. The Bertz CT molecular complexity index is 1580. The summed E-state index contributed by atoms with van der Waals surface area (Å²) in [5, 5.41) is 3.01. The molecule has 0 aliphatic carbocycles. The Morgan fingerprint density at radius 2 is 1.01 bits per heavy atom. The van der Waals surface area contributed by atoms with Gasteiger partial charge in [0.15, 0.2) is 0 Å². The van der Waals surface area contributed by atoms with Crippen LogP contribution >= 0.6 is 7.82 Å². The average molecular weight is 966 g/mol. The zero-order chi connectivity index (χ0) is 50.1. The highest BCUT2D eigenvalue weighted by Crippen LogP contribution is 2.43. The summed E-state index contributed by atoms with van der Waals surface area (Å²) in [5.74, 6) is -0.597. The van der Waals surface area contributed by atoms with E-state index < -0.39 is 20.0 Å². The second-order valence-corrected chi connectivity index (χ2v) is 19.9. The second kappa shape index (κ2) is 47.1. The third kappa shape index (κ3) is 47.5. The van der Waals surface area contributed by atoms with E-state index in [-0.39, 0.29) is 37.9 Å². The fourth-order valence-electron chi connectivity index (χ4n) is 6.75. The van der Waals surface area contributed by atoms with E-state index in [4.69, 9.17) is 13.8 Å². The van der Waals surface area contributed by atoms with Gasteiger partial charge in [-0.1, -0.05) is 207 Å². The molecule has 0 heterocycles. The van der Waals surface area contributed by atoms with Crippen LogP contribution in [0.2, 0.25) is 0 Å². The van der Waals surface area contributed by atoms with Crippen molar-refractivity contribution in [2.75, 3.05) is 40.9 Å². The topological polar surface area (TPSA) is 111 Å². The lowest BCUT2D eigenvalue weighted by Crippen LogP contribution is -2.47. The van der Waals surface area contributed by atoms with Gasteiger partial charge in [0, 0.05) is 12.8 Å². The number of amides is 1. The van der Waals surface area contributed by atoms with E-state index >= 15 is 0 Å². The van der Waals surface area contributed by atoms with E-state index in [1.54, 1.807) is 0 Å². The minimum absolute atomic E-state index is 0.0206. The smallest absolute Gasteiger partial charge is 0.456 e. The Hall–Kier alpha value is -3.59. The van der Waals surface area contributed by atoms with Crippen LogP contribution in [0.15, 0.2) is 122 Å². The summed E-state index contributed by atoms with van der Waals surface area (Å²) in [6.45, 7) is 6.65. The minimum Gasteiger partial charge on any atom is -0.456 e. The van der Waals surface area contributed by atoms with Crippen LogP contribution in [0.4, 0.5) is 0 Å². The summed E-state index contributed by atoms with van der Waals surface area (Å²) < 4.78 is 30.5. The number of nitrogens with one attached hydrogen (secondary N) is 1. The lowest BCUT2D eigenvalue weighted by molar-refractivity contribution is -0.870. The summed E-state index contributed by atoms with van der Waals surface area (Å²) in [7, 11) is 1.43. The van der Waals surface area contributed by atoms with Gasteiger partial charge in [0.1, 0.15) is 19.3 Å². The molecule has 0 aromatic heterocycles. The van der Waals surface area contributed by atoms with Gasteiger partial charge >= 0.3 is 13.8 Å². The Morgan fingerprint density at radius 3 is 1.60 bits per heavy atom. The number of likely N-dealkylation sites (N-methyl/N-ethyl adjacent to an activating group) is 1. The maximum atomic E-state index is 13.4. The zero-order valence-electron chi connectivity index (χ0n) is 43.8. The molecule has 0 saturated carbocycles. The molecule has 0 spiro atoms. The molecule has 9 nitrogen and oxygen atoms in total. The van der Waals surface area contributed by atoms with Gasteiger partial charge in [0.2, 0.25) is 5.91 Å². The first-order valence-corrected chi connectivity index (χ1v) is 27.9. The van der Waals surface area contributed by atoms with Gasteiger partial charge < -0.3 is 19.4 Å². The van der Waals surface area contributed by atoms with Gasteiger partial charge in [0.05, 0.1) is 33.8 Å². The van der Waals surface area contributed by atoms with Gasteiger partial charge in [0.25, 0.3) is 0 Å². The highest BCUT2D eigenvalue weighted by molar-refractivity contribution is 7.47. The number of phosphoric acid groups is 1. The largest absolute Gasteiger partial charge is 0.472 e. The van der Waals surface area contributed by atoms with Crippen LogP contribution in [0.5, 0.6) is 0 Å². The average Bonchev–Trinajstić information content (AvgIpc) is 3.29. The summed E-state index contributed by atoms with van der Waals surface area (Å²) in [6.07, 6.45) is 64.8. The molecule has 3 atom stereocenters. The van der Waals surface area contributed by atoms with Crippen molar-refractivity contribution in [1.29, 1.82) is 0 Å². The standard InChI is InChI=1S/C58H97N2O7P/c1-7-10-13-16-19-22-25-27-29-30-31-33-36-39-42-45-48-51-58(62)67-56(49-46-43-40-37-34-24-21-18-15-12-9-3)55(54-66-68(63,64)65-53-52-60(4,5)6)59-57(61)50-47-44-41-38-35-32-28-26-23-20-17-14-11-8-2/h10-11,13-14,16,19-20,22-23,25,27-33,36,46,49,55-56H,7-9,12,15,17-18,21,24,26,34-35,37-45,47-48,50-54H2,1-6H3,(H-,59,61,63,64)/p+1/b13-10-,14-11+,19-16+,23-20+,25-22+,29-27-,31-30+,32-28+,36-33+,49-46+. The fourth-order valence-corrected chi connectivity index (χ4v) is 7.48. The van der Waals surface area contributed by atoms with Gasteiger partial charge in [-0.25, -0.2) is 4.57 Å². The molecular weight excluding hydrogens is 868 g/mol. The van der Waals surface area contributed by atoms with Crippen LogP contribution in [0.3, 0.4) is 0 Å². The monoisotopic (exact) mass is 966 g/mol. The first-order valence-electron chi connectivity index (χ1n) is 26.4. The van der Waals surface area contributed by atoms with E-state index in [9.17, 15) is 19.0 Å². The number of allylic oxidation sites excluding steroid dienone is 19. The molecule has 0 aromatic rings. The molecule has 0 aliphatic rings. The highest BCUT2D eigenvalue weighted by Gasteiger charge is 2.30. The zero-order valence-corrected chi connectivity index (χ0v) is 44.7. The Labute approximate surface area is 416 Å². The molecule has 0 aromatic carbocycles. The van der Waals surface area contributed by atoms with E-state index in [2.05, 4.69) is 74.7 Å². The maximum absolute atomic E-state index is 13.4. The fraction of sp³-hybridized carbons (Fsp3) is 0.621. The van der Waals surface area contributed by atoms with Crippen molar-refractivity contribution in [3.63, 3.8) is 0 Å². The van der Waals surface area contributed by atoms with Crippen LogP contribution in [-0.2, 0) is 27.9 Å². The molecule has 2 N–H and O–H groups in total. The number of unbranched alkanes of at least 4 members (excludes halogenated alkanes) is 16. The number of nitrogens with zero attached hydrogens (tertiary/aromatic N) is 1. The van der Waals surface area contributed by atoms with Gasteiger partial charge in [-0.05, 0) is 83.1 Å². The minimum atomic E-state index is -4.46. The predicted molar refractivity (Wildman–Crippen MR) is 290 cm³/mol. The molecule has 3 unspecified atom stereocenters. The summed E-state index contributed by atoms with van der Waals surface area (Å²) in [6, 6.07) is -0.885. The van der Waals surface area contributed by atoms with Crippen LogP contribution in [0.1, 0.15) is 181 Å². The Kier molecular flexibility index (Phi) is 44.6. The van der Waals surface area contributed by atoms with Gasteiger partial charge in [-0.15, -0.1) is 0 Å². The molecule has 0 bridgehead atoms. The van der Waals surface area contributed by atoms with Crippen molar-refractivity contribution < 1.29 is 37.3 Å². The quantitative estimate of drug-likeness (QED) is 0.0156. The number of rotatable bonds is 45. The van der Waals surface area contributed by atoms with Crippen molar-refractivity contribution in [2.24, 2.45) is 0 Å². The van der Waals surface area contributed by atoms with Crippen molar-refractivity contribution in [1.82, 2.24) is 5.32 Å². The van der Waals surface area contributed by atoms with Gasteiger partial charge in [-0.3, -0.25) is 18.6 Å². The molecule has 0 fully saturated rings. The molecule has 0 saturated heterocycles. The SMILES string of the molecule is CC\C=C/C=C/C=C/C=C\C=C\C=C\CCCCCC(=O)OC(/C=C/CCCCCCCCCCC)C(COP(=O)(O)OCC[N+](C)(C)C)NC(=O)CCCCCC/C=C/C/C=C/C/C=C/CC. The first-order chi connectivity index (χ1) is 32.9.